The molecule has 2 atom stereocenters. The van der Waals surface area contributed by atoms with Crippen molar-refractivity contribution in [3.63, 3.8) is 0 Å². The molecule has 1 aromatic heterocycles. The van der Waals surface area contributed by atoms with E-state index in [4.69, 9.17) is 9.47 Å². The number of cyclic esters (lactones) is 1. The zero-order chi connectivity index (χ0) is 20.3. The summed E-state index contributed by atoms with van der Waals surface area (Å²) in [7, 11) is 1.95. The summed E-state index contributed by atoms with van der Waals surface area (Å²) in [6.45, 7) is 1.44. The third kappa shape index (κ3) is 4.25. The zero-order valence-electron chi connectivity index (χ0n) is 16.0. The molecular formula is C21H24INO5. The number of aryl methyl sites for hydroxylation is 1. The second-order valence-corrected chi connectivity index (χ2v) is 8.66. The lowest BCUT2D eigenvalue weighted by atomic mass is 9.98. The molecule has 0 radical (unpaired) electrons. The number of ether oxygens (including phenoxy) is 2. The summed E-state index contributed by atoms with van der Waals surface area (Å²) in [6.07, 6.45) is 5.54. The van der Waals surface area contributed by atoms with Gasteiger partial charge in [0.1, 0.15) is 10.5 Å². The first-order valence-electron chi connectivity index (χ1n) is 9.28. The van der Waals surface area contributed by atoms with Gasteiger partial charge >= 0.3 is 11.9 Å². The highest BCUT2D eigenvalue weighted by atomic mass is 127. The van der Waals surface area contributed by atoms with Crippen molar-refractivity contribution in [1.29, 1.82) is 0 Å². The van der Waals surface area contributed by atoms with Crippen LogP contribution in [0.1, 0.15) is 31.7 Å². The van der Waals surface area contributed by atoms with Gasteiger partial charge in [-0.15, -0.1) is 0 Å². The number of aromatic nitrogens is 1. The Morgan fingerprint density at radius 1 is 1.46 bits per heavy atom. The standard InChI is InChI=1S/C21H24INO5/c1-3-6-17(22)20(26)27-13-21(12-24)10-14(19(25)28-21)9-15-11-23(2)18-8-5-4-7-16(15)18/h4-5,7-9,11,17,24H,3,6,10,12-13H2,1-2H3/b14-9+. The van der Waals surface area contributed by atoms with Crippen LogP contribution in [0.15, 0.2) is 36.0 Å². The van der Waals surface area contributed by atoms with Gasteiger partial charge in [-0.3, -0.25) is 4.79 Å². The minimum Gasteiger partial charge on any atom is -0.461 e. The van der Waals surface area contributed by atoms with Crippen molar-refractivity contribution >= 4 is 51.5 Å². The van der Waals surface area contributed by atoms with Crippen molar-refractivity contribution in [2.75, 3.05) is 13.2 Å². The molecule has 28 heavy (non-hydrogen) atoms. The van der Waals surface area contributed by atoms with E-state index < -0.39 is 18.2 Å². The van der Waals surface area contributed by atoms with E-state index in [1.807, 2.05) is 71.6 Å². The normalized spacial score (nSPS) is 21.9. The first kappa shape index (κ1) is 20.9. The fourth-order valence-corrected chi connectivity index (χ4v) is 4.18. The first-order chi connectivity index (χ1) is 13.4. The Balaban J connectivity index is 1.78. The van der Waals surface area contributed by atoms with Crippen LogP contribution in [0.4, 0.5) is 0 Å². The Morgan fingerprint density at radius 2 is 2.21 bits per heavy atom. The maximum atomic E-state index is 12.4. The number of carbonyl (C=O) groups is 2. The number of esters is 2. The third-order valence-corrected chi connectivity index (χ3v) is 6.04. The van der Waals surface area contributed by atoms with Gasteiger partial charge < -0.3 is 19.1 Å². The summed E-state index contributed by atoms with van der Waals surface area (Å²) in [5.74, 6) is -0.838. The van der Waals surface area contributed by atoms with Crippen molar-refractivity contribution in [3.05, 3.63) is 41.6 Å². The van der Waals surface area contributed by atoms with Crippen LogP contribution in [0.2, 0.25) is 0 Å². The van der Waals surface area contributed by atoms with E-state index in [0.29, 0.717) is 5.57 Å². The number of halogens is 1. The molecule has 0 spiro atoms. The molecule has 6 nitrogen and oxygen atoms in total. The van der Waals surface area contributed by atoms with Gasteiger partial charge in [-0.25, -0.2) is 4.79 Å². The van der Waals surface area contributed by atoms with Crippen LogP contribution in [0.5, 0.6) is 0 Å². The molecule has 1 aliphatic rings. The van der Waals surface area contributed by atoms with Gasteiger partial charge in [0.25, 0.3) is 0 Å². The lowest BCUT2D eigenvalue weighted by Gasteiger charge is -2.24. The second kappa shape index (κ2) is 8.65. The monoisotopic (exact) mass is 497 g/mol. The summed E-state index contributed by atoms with van der Waals surface area (Å²) < 4.78 is 12.5. The summed E-state index contributed by atoms with van der Waals surface area (Å²) in [5.41, 5.74) is 1.21. The van der Waals surface area contributed by atoms with Crippen molar-refractivity contribution in [2.45, 2.75) is 35.7 Å². The highest BCUT2D eigenvalue weighted by molar-refractivity contribution is 14.1. The Hall–Kier alpha value is -1.87. The van der Waals surface area contributed by atoms with Gasteiger partial charge in [-0.2, -0.15) is 0 Å². The number of benzene rings is 1. The van der Waals surface area contributed by atoms with Crippen molar-refractivity contribution in [3.8, 4) is 0 Å². The minimum absolute atomic E-state index is 0.149. The predicted molar refractivity (Wildman–Crippen MR) is 115 cm³/mol. The van der Waals surface area contributed by atoms with Gasteiger partial charge in [0.2, 0.25) is 0 Å². The molecule has 2 unspecified atom stereocenters. The molecule has 7 heteroatoms. The summed E-state index contributed by atoms with van der Waals surface area (Å²) >= 11 is 2.05. The van der Waals surface area contributed by atoms with Crippen LogP contribution < -0.4 is 0 Å². The SMILES string of the molecule is CCCC(I)C(=O)OCC1(CO)C/C(=C\c2cn(C)c3ccccc23)C(=O)O1. The summed E-state index contributed by atoms with van der Waals surface area (Å²) in [4.78, 5) is 24.5. The number of para-hydroxylation sites is 1. The zero-order valence-corrected chi connectivity index (χ0v) is 18.1. The van der Waals surface area contributed by atoms with Crippen molar-refractivity contribution in [2.24, 2.45) is 7.05 Å². The van der Waals surface area contributed by atoms with Crippen LogP contribution >= 0.6 is 22.6 Å². The molecule has 1 N–H and O–H groups in total. The third-order valence-electron chi connectivity index (χ3n) is 4.91. The number of alkyl halides is 1. The average Bonchev–Trinajstić information content (AvgIpc) is 3.18. The number of carbonyl (C=O) groups excluding carboxylic acids is 2. The summed E-state index contributed by atoms with van der Waals surface area (Å²) in [6, 6.07) is 7.93. The fourth-order valence-electron chi connectivity index (χ4n) is 3.38. The number of nitrogens with zero attached hydrogens (tertiary/aromatic N) is 1. The molecule has 1 aliphatic heterocycles. The molecule has 150 valence electrons. The van der Waals surface area contributed by atoms with Gasteiger partial charge in [-0.1, -0.05) is 54.1 Å². The van der Waals surface area contributed by atoms with Crippen LogP contribution in [0, 0.1) is 0 Å². The Morgan fingerprint density at radius 3 is 2.93 bits per heavy atom. The van der Waals surface area contributed by atoms with E-state index in [-0.39, 0.29) is 22.9 Å². The molecular weight excluding hydrogens is 473 g/mol. The lowest BCUT2D eigenvalue weighted by molar-refractivity contribution is -0.165. The topological polar surface area (TPSA) is 77.8 Å². The average molecular weight is 497 g/mol. The minimum atomic E-state index is -1.22. The largest absolute Gasteiger partial charge is 0.461 e. The highest BCUT2D eigenvalue weighted by Crippen LogP contribution is 2.34. The van der Waals surface area contributed by atoms with Gasteiger partial charge in [0.05, 0.1) is 6.61 Å². The summed E-state index contributed by atoms with van der Waals surface area (Å²) in [5, 5.41) is 10.9. The lowest BCUT2D eigenvalue weighted by Crippen LogP contribution is -2.40. The molecule has 0 bridgehead atoms. The molecule has 2 aromatic rings. The molecule has 0 aliphatic carbocycles. The second-order valence-electron chi connectivity index (χ2n) is 7.15. The molecule has 1 fully saturated rings. The predicted octanol–water partition coefficient (Wildman–Crippen LogP) is 3.39. The molecule has 1 aromatic carbocycles. The van der Waals surface area contributed by atoms with E-state index in [1.165, 1.54) is 0 Å². The first-order valence-corrected chi connectivity index (χ1v) is 10.5. The fraction of sp³-hybridized carbons (Fsp3) is 0.429. The van der Waals surface area contributed by atoms with E-state index >= 15 is 0 Å². The van der Waals surface area contributed by atoms with Crippen LogP contribution in [-0.2, 0) is 26.1 Å². The van der Waals surface area contributed by atoms with Crippen LogP contribution in [0.25, 0.3) is 17.0 Å². The van der Waals surface area contributed by atoms with E-state index in [0.717, 1.165) is 29.3 Å². The van der Waals surface area contributed by atoms with Crippen molar-refractivity contribution < 1.29 is 24.2 Å². The van der Waals surface area contributed by atoms with Crippen LogP contribution in [-0.4, -0.2) is 44.4 Å². The molecule has 0 amide bonds. The highest BCUT2D eigenvalue weighted by Gasteiger charge is 2.45. The molecule has 3 rings (SSSR count). The van der Waals surface area contributed by atoms with E-state index in [9.17, 15) is 14.7 Å². The van der Waals surface area contributed by atoms with E-state index in [2.05, 4.69) is 0 Å². The maximum Gasteiger partial charge on any atom is 0.334 e. The molecule has 1 saturated heterocycles. The number of hydrogen-bond acceptors (Lipinski definition) is 5. The van der Waals surface area contributed by atoms with Gasteiger partial charge in [-0.05, 0) is 18.6 Å². The molecule has 0 saturated carbocycles. The smallest absolute Gasteiger partial charge is 0.334 e. The molecule has 2 heterocycles. The number of rotatable bonds is 7. The van der Waals surface area contributed by atoms with Gasteiger partial charge in [0, 0.05) is 41.7 Å². The van der Waals surface area contributed by atoms with Crippen molar-refractivity contribution in [1.82, 2.24) is 4.57 Å². The Bertz CT molecular complexity index is 919. The number of fused-ring (bicyclic) bond motifs is 1. The Kier molecular flexibility index (Phi) is 6.44. The number of aliphatic hydroxyl groups excluding tert-OH is 1. The Labute approximate surface area is 177 Å². The van der Waals surface area contributed by atoms with Gasteiger partial charge in [0.15, 0.2) is 5.60 Å². The van der Waals surface area contributed by atoms with Crippen LogP contribution in [0.3, 0.4) is 0 Å². The maximum absolute atomic E-state index is 12.4. The number of aliphatic hydroxyl groups is 1. The quantitative estimate of drug-likeness (QED) is 0.275. The van der Waals surface area contributed by atoms with E-state index in [1.54, 1.807) is 6.08 Å². The number of hydrogen-bond donors (Lipinski definition) is 1.